The maximum absolute atomic E-state index is 12.9. The number of nitrogens with zero attached hydrogens (tertiary/aromatic N) is 2. The first-order chi connectivity index (χ1) is 13.0. The number of nitrogens with one attached hydrogen (secondary N) is 1. The molecule has 3 amide bonds. The van der Waals surface area contributed by atoms with Gasteiger partial charge in [-0.1, -0.05) is 29.8 Å². The summed E-state index contributed by atoms with van der Waals surface area (Å²) in [7, 11) is 0. The highest BCUT2D eigenvalue weighted by molar-refractivity contribution is 5.81. The van der Waals surface area contributed by atoms with E-state index in [1.54, 1.807) is 4.90 Å². The molecule has 2 unspecified atom stereocenters. The fourth-order valence-electron chi connectivity index (χ4n) is 3.76. The highest BCUT2D eigenvalue weighted by Gasteiger charge is 2.29. The van der Waals surface area contributed by atoms with Gasteiger partial charge < -0.3 is 20.7 Å². The first-order valence-electron chi connectivity index (χ1n) is 9.74. The summed E-state index contributed by atoms with van der Waals surface area (Å²) in [6.07, 6.45) is 1.59. The Kier molecular flexibility index (Phi) is 6.68. The van der Waals surface area contributed by atoms with E-state index >= 15 is 0 Å². The predicted octanol–water partition coefficient (Wildman–Crippen LogP) is 1.28. The summed E-state index contributed by atoms with van der Waals surface area (Å²) in [5.74, 6) is -0.205. The number of benzene rings is 1. The summed E-state index contributed by atoms with van der Waals surface area (Å²) >= 11 is 0. The zero-order chi connectivity index (χ0) is 19.2. The minimum atomic E-state index is -0.448. The Hall–Kier alpha value is -2.12. The van der Waals surface area contributed by atoms with Gasteiger partial charge in [-0.15, -0.1) is 0 Å². The van der Waals surface area contributed by atoms with Crippen LogP contribution in [0.3, 0.4) is 0 Å². The number of morpholine rings is 1. The molecule has 2 heterocycles. The van der Waals surface area contributed by atoms with Crippen molar-refractivity contribution in [1.82, 2.24) is 15.1 Å². The Morgan fingerprint density at radius 2 is 1.93 bits per heavy atom. The number of nitrogens with two attached hydrogens (primary N) is 1. The van der Waals surface area contributed by atoms with Crippen molar-refractivity contribution in [2.24, 2.45) is 11.7 Å². The number of amides is 3. The molecule has 148 valence electrons. The van der Waals surface area contributed by atoms with Gasteiger partial charge in [0.25, 0.3) is 0 Å². The van der Waals surface area contributed by atoms with Crippen molar-refractivity contribution in [1.29, 1.82) is 0 Å². The van der Waals surface area contributed by atoms with Gasteiger partial charge in [0.05, 0.1) is 25.2 Å². The third-order valence-electron chi connectivity index (χ3n) is 5.44. The number of aryl methyl sites for hydroxylation is 1. The Balaban J connectivity index is 1.68. The van der Waals surface area contributed by atoms with Crippen LogP contribution in [0.15, 0.2) is 24.3 Å². The highest BCUT2D eigenvalue weighted by Crippen LogP contribution is 2.21. The standard InChI is InChI=1S/C20H30N4O3/c1-15-4-6-16(7-5-15)18(14-23-9-11-27-12-10-23)22-19(25)17-3-2-8-24(13-17)20(21)26/h4-7,17-18H,2-3,8-14H2,1H3,(H2,21,26)(H,22,25). The third-order valence-corrected chi connectivity index (χ3v) is 5.44. The van der Waals surface area contributed by atoms with Crippen molar-refractivity contribution in [3.05, 3.63) is 35.4 Å². The smallest absolute Gasteiger partial charge is 0.314 e. The molecular weight excluding hydrogens is 344 g/mol. The number of piperidine rings is 1. The highest BCUT2D eigenvalue weighted by atomic mass is 16.5. The van der Waals surface area contributed by atoms with E-state index in [4.69, 9.17) is 10.5 Å². The normalized spacial score (nSPS) is 22.3. The van der Waals surface area contributed by atoms with E-state index < -0.39 is 6.03 Å². The molecule has 0 bridgehead atoms. The van der Waals surface area contributed by atoms with Gasteiger partial charge in [-0.2, -0.15) is 0 Å². The van der Waals surface area contributed by atoms with Gasteiger partial charge in [-0.3, -0.25) is 9.69 Å². The zero-order valence-corrected chi connectivity index (χ0v) is 16.0. The largest absolute Gasteiger partial charge is 0.379 e. The molecule has 1 aromatic carbocycles. The molecule has 3 N–H and O–H groups in total. The molecule has 3 rings (SSSR count). The number of carbonyl (C=O) groups is 2. The number of primary amides is 1. The number of ether oxygens (including phenoxy) is 1. The van der Waals surface area contributed by atoms with Crippen LogP contribution in [-0.4, -0.2) is 67.7 Å². The molecule has 0 spiro atoms. The second kappa shape index (κ2) is 9.19. The van der Waals surface area contributed by atoms with Crippen molar-refractivity contribution >= 4 is 11.9 Å². The van der Waals surface area contributed by atoms with Crippen molar-refractivity contribution < 1.29 is 14.3 Å². The first-order valence-corrected chi connectivity index (χ1v) is 9.74. The van der Waals surface area contributed by atoms with Crippen LogP contribution < -0.4 is 11.1 Å². The van der Waals surface area contributed by atoms with E-state index in [9.17, 15) is 9.59 Å². The van der Waals surface area contributed by atoms with Gasteiger partial charge in [0, 0.05) is 32.7 Å². The third kappa shape index (κ3) is 5.43. The average Bonchev–Trinajstić information content (AvgIpc) is 2.69. The van der Waals surface area contributed by atoms with Gasteiger partial charge >= 0.3 is 6.03 Å². The molecule has 2 aliphatic heterocycles. The van der Waals surface area contributed by atoms with E-state index in [0.717, 1.165) is 51.3 Å². The zero-order valence-electron chi connectivity index (χ0n) is 16.0. The van der Waals surface area contributed by atoms with E-state index in [2.05, 4.69) is 41.4 Å². The van der Waals surface area contributed by atoms with Gasteiger partial charge in [0.1, 0.15) is 0 Å². The maximum Gasteiger partial charge on any atom is 0.314 e. The van der Waals surface area contributed by atoms with Crippen molar-refractivity contribution in [2.45, 2.75) is 25.8 Å². The number of hydrogen-bond donors (Lipinski definition) is 2. The number of carbonyl (C=O) groups excluding carboxylic acids is 2. The lowest BCUT2D eigenvalue weighted by Gasteiger charge is -2.34. The average molecular weight is 374 g/mol. The summed E-state index contributed by atoms with van der Waals surface area (Å²) in [6.45, 7) is 7.04. The van der Waals surface area contributed by atoms with E-state index in [1.165, 1.54) is 5.56 Å². The first kappa shape index (κ1) is 19.6. The maximum atomic E-state index is 12.9. The van der Waals surface area contributed by atoms with E-state index in [0.29, 0.717) is 13.1 Å². The molecule has 2 fully saturated rings. The van der Waals surface area contributed by atoms with Crippen LogP contribution in [0.5, 0.6) is 0 Å². The Labute approximate surface area is 160 Å². The molecule has 7 nitrogen and oxygen atoms in total. The molecular formula is C20H30N4O3. The van der Waals surface area contributed by atoms with Crippen molar-refractivity contribution in [2.75, 3.05) is 45.9 Å². The molecule has 0 saturated carbocycles. The lowest BCUT2D eigenvalue weighted by molar-refractivity contribution is -0.127. The fourth-order valence-corrected chi connectivity index (χ4v) is 3.76. The summed E-state index contributed by atoms with van der Waals surface area (Å²) in [4.78, 5) is 28.3. The quantitative estimate of drug-likeness (QED) is 0.813. The molecule has 1 aromatic rings. The van der Waals surface area contributed by atoms with Crippen LogP contribution in [0.25, 0.3) is 0 Å². The van der Waals surface area contributed by atoms with Crippen LogP contribution in [0.1, 0.15) is 30.0 Å². The summed E-state index contributed by atoms with van der Waals surface area (Å²) in [5, 5.41) is 3.23. The van der Waals surface area contributed by atoms with Gasteiger partial charge in [0.2, 0.25) is 5.91 Å². The Morgan fingerprint density at radius 1 is 1.22 bits per heavy atom. The van der Waals surface area contributed by atoms with Gasteiger partial charge in [0.15, 0.2) is 0 Å². The fraction of sp³-hybridized carbons (Fsp3) is 0.600. The monoisotopic (exact) mass is 374 g/mol. The molecule has 0 radical (unpaired) electrons. The Morgan fingerprint density at radius 3 is 2.59 bits per heavy atom. The summed E-state index contributed by atoms with van der Waals surface area (Å²) in [6, 6.07) is 7.78. The van der Waals surface area contributed by atoms with Crippen molar-refractivity contribution in [3.8, 4) is 0 Å². The summed E-state index contributed by atoms with van der Waals surface area (Å²) in [5.41, 5.74) is 7.69. The molecule has 0 aliphatic carbocycles. The second-order valence-electron chi connectivity index (χ2n) is 7.51. The predicted molar refractivity (Wildman–Crippen MR) is 103 cm³/mol. The lowest BCUT2D eigenvalue weighted by Crippen LogP contribution is -2.49. The molecule has 2 saturated heterocycles. The number of rotatable bonds is 5. The van der Waals surface area contributed by atoms with Crippen LogP contribution in [-0.2, 0) is 9.53 Å². The molecule has 2 atom stereocenters. The van der Waals surface area contributed by atoms with Crippen LogP contribution in [0.2, 0.25) is 0 Å². The lowest BCUT2D eigenvalue weighted by atomic mass is 9.96. The van der Waals surface area contributed by atoms with E-state index in [1.807, 2.05) is 0 Å². The topological polar surface area (TPSA) is 87.9 Å². The molecule has 27 heavy (non-hydrogen) atoms. The van der Waals surface area contributed by atoms with Crippen LogP contribution in [0.4, 0.5) is 4.79 Å². The minimum absolute atomic E-state index is 0.000200. The molecule has 7 heteroatoms. The van der Waals surface area contributed by atoms with Crippen LogP contribution in [0, 0.1) is 12.8 Å². The second-order valence-corrected chi connectivity index (χ2v) is 7.51. The number of hydrogen-bond acceptors (Lipinski definition) is 4. The SMILES string of the molecule is Cc1ccc(C(CN2CCOCC2)NC(=O)C2CCCN(C(N)=O)C2)cc1. The Bertz CT molecular complexity index is 643. The van der Waals surface area contributed by atoms with Gasteiger partial charge in [-0.05, 0) is 25.3 Å². The number of urea groups is 1. The van der Waals surface area contributed by atoms with Gasteiger partial charge in [-0.25, -0.2) is 4.79 Å². The molecule has 0 aromatic heterocycles. The minimum Gasteiger partial charge on any atom is -0.379 e. The molecule has 2 aliphatic rings. The summed E-state index contributed by atoms with van der Waals surface area (Å²) < 4.78 is 5.43. The van der Waals surface area contributed by atoms with Crippen molar-refractivity contribution in [3.63, 3.8) is 0 Å². The van der Waals surface area contributed by atoms with Crippen LogP contribution >= 0.6 is 0 Å². The van der Waals surface area contributed by atoms with E-state index in [-0.39, 0.29) is 17.9 Å². The number of likely N-dealkylation sites (tertiary alicyclic amines) is 1.